The first-order chi connectivity index (χ1) is 8.68. The average molecular weight is 242 g/mol. The van der Waals surface area contributed by atoms with Gasteiger partial charge in [0.2, 0.25) is 0 Å². The molecule has 2 rings (SSSR count). The number of nitro benzene ring substituents is 1. The van der Waals surface area contributed by atoms with Gasteiger partial charge in [-0.1, -0.05) is 48.5 Å². The summed E-state index contributed by atoms with van der Waals surface area (Å²) < 4.78 is 0. The van der Waals surface area contributed by atoms with Crippen LogP contribution in [-0.4, -0.2) is 4.92 Å². The van der Waals surface area contributed by atoms with Crippen LogP contribution in [0.5, 0.6) is 0 Å². The molecule has 2 aromatic rings. The van der Waals surface area contributed by atoms with E-state index in [-0.39, 0.29) is 16.7 Å². The predicted octanol–water partition coefficient (Wildman–Crippen LogP) is 2.84. The first kappa shape index (κ1) is 12.3. The Morgan fingerprint density at radius 1 is 1.06 bits per heavy atom. The topological polar surface area (TPSA) is 69.2 Å². The molecule has 92 valence electrons. The summed E-state index contributed by atoms with van der Waals surface area (Å²) in [7, 11) is 0. The number of hydrogen-bond donors (Lipinski definition) is 1. The van der Waals surface area contributed by atoms with Crippen LogP contribution in [0, 0.1) is 10.1 Å². The normalized spacial score (nSPS) is 12.1. The van der Waals surface area contributed by atoms with Crippen LogP contribution in [0.2, 0.25) is 0 Å². The third kappa shape index (κ3) is 2.73. The number of nitrogens with zero attached hydrogens (tertiary/aromatic N) is 1. The van der Waals surface area contributed by atoms with Crippen molar-refractivity contribution in [2.75, 3.05) is 0 Å². The summed E-state index contributed by atoms with van der Waals surface area (Å²) in [5, 5.41) is 10.9. The van der Waals surface area contributed by atoms with Gasteiger partial charge >= 0.3 is 0 Å². The quantitative estimate of drug-likeness (QED) is 0.662. The molecule has 18 heavy (non-hydrogen) atoms. The first-order valence-electron chi connectivity index (χ1n) is 5.71. The lowest BCUT2D eigenvalue weighted by Gasteiger charge is -2.12. The highest BCUT2D eigenvalue weighted by Gasteiger charge is 2.15. The minimum atomic E-state index is -0.368. The Hall–Kier alpha value is -2.20. The van der Waals surface area contributed by atoms with E-state index in [9.17, 15) is 10.1 Å². The second-order valence-corrected chi connectivity index (χ2v) is 4.11. The molecule has 0 bridgehead atoms. The smallest absolute Gasteiger partial charge is 0.272 e. The fourth-order valence-corrected chi connectivity index (χ4v) is 1.92. The van der Waals surface area contributed by atoms with Gasteiger partial charge in [-0.05, 0) is 12.0 Å². The molecule has 0 radical (unpaired) electrons. The van der Waals surface area contributed by atoms with E-state index in [0.29, 0.717) is 12.0 Å². The van der Waals surface area contributed by atoms with Crippen LogP contribution in [0.4, 0.5) is 5.69 Å². The van der Waals surface area contributed by atoms with Gasteiger partial charge in [0.1, 0.15) is 0 Å². The minimum Gasteiger partial charge on any atom is -0.324 e. The molecule has 0 saturated carbocycles. The monoisotopic (exact) mass is 242 g/mol. The van der Waals surface area contributed by atoms with Crippen LogP contribution in [0.25, 0.3) is 0 Å². The van der Waals surface area contributed by atoms with Crippen molar-refractivity contribution in [3.8, 4) is 0 Å². The van der Waals surface area contributed by atoms with Crippen LogP contribution in [0.3, 0.4) is 0 Å². The number of hydrogen-bond acceptors (Lipinski definition) is 3. The Morgan fingerprint density at radius 3 is 2.33 bits per heavy atom. The average Bonchev–Trinajstić information content (AvgIpc) is 2.40. The number of nitro groups is 1. The lowest BCUT2D eigenvalue weighted by atomic mass is 9.99. The predicted molar refractivity (Wildman–Crippen MR) is 70.2 cm³/mol. The molecule has 4 heteroatoms. The summed E-state index contributed by atoms with van der Waals surface area (Å²) in [6, 6.07) is 16.1. The number of para-hydroxylation sites is 1. The number of rotatable bonds is 4. The summed E-state index contributed by atoms with van der Waals surface area (Å²) >= 11 is 0. The zero-order valence-electron chi connectivity index (χ0n) is 9.82. The summed E-state index contributed by atoms with van der Waals surface area (Å²) in [6.07, 6.45) is 0.459. The maximum absolute atomic E-state index is 10.9. The third-order valence-electron chi connectivity index (χ3n) is 2.86. The number of benzene rings is 2. The van der Waals surface area contributed by atoms with Crippen molar-refractivity contribution in [2.24, 2.45) is 5.73 Å². The lowest BCUT2D eigenvalue weighted by Crippen LogP contribution is -2.14. The molecule has 0 amide bonds. The molecule has 4 nitrogen and oxygen atoms in total. The highest BCUT2D eigenvalue weighted by Crippen LogP contribution is 2.23. The van der Waals surface area contributed by atoms with Crippen molar-refractivity contribution in [3.05, 3.63) is 75.8 Å². The van der Waals surface area contributed by atoms with E-state index in [1.807, 2.05) is 30.3 Å². The highest BCUT2D eigenvalue weighted by molar-refractivity contribution is 5.41. The Bertz CT molecular complexity index is 541. The maximum Gasteiger partial charge on any atom is 0.272 e. The van der Waals surface area contributed by atoms with Crippen molar-refractivity contribution in [1.82, 2.24) is 0 Å². The van der Waals surface area contributed by atoms with Gasteiger partial charge in [-0.15, -0.1) is 0 Å². The molecule has 0 aromatic heterocycles. The minimum absolute atomic E-state index is 0.129. The van der Waals surface area contributed by atoms with Crippen molar-refractivity contribution in [2.45, 2.75) is 12.5 Å². The van der Waals surface area contributed by atoms with Crippen LogP contribution in [0.1, 0.15) is 17.2 Å². The van der Waals surface area contributed by atoms with Gasteiger partial charge in [0.05, 0.1) is 4.92 Å². The molecular formula is C14H14N2O2. The first-order valence-corrected chi connectivity index (χ1v) is 5.71. The molecule has 1 atom stereocenters. The van der Waals surface area contributed by atoms with Gasteiger partial charge in [0, 0.05) is 17.7 Å². The van der Waals surface area contributed by atoms with E-state index in [4.69, 9.17) is 5.73 Å². The van der Waals surface area contributed by atoms with Crippen molar-refractivity contribution < 1.29 is 4.92 Å². The standard InChI is InChI=1S/C14H14N2O2/c15-13(11-6-2-1-3-7-11)10-12-8-4-5-9-14(12)16(17)18/h1-9,13H,10,15H2/t13-/m1/s1. The summed E-state index contributed by atoms with van der Waals surface area (Å²) in [5.41, 5.74) is 7.85. The van der Waals surface area contributed by atoms with E-state index >= 15 is 0 Å². The molecule has 0 aliphatic carbocycles. The van der Waals surface area contributed by atoms with Crippen molar-refractivity contribution in [3.63, 3.8) is 0 Å². The van der Waals surface area contributed by atoms with Gasteiger partial charge in [-0.2, -0.15) is 0 Å². The molecule has 0 aliphatic heterocycles. The third-order valence-corrected chi connectivity index (χ3v) is 2.86. The van der Waals surface area contributed by atoms with E-state index in [0.717, 1.165) is 5.56 Å². The zero-order valence-corrected chi connectivity index (χ0v) is 9.82. The Morgan fingerprint density at radius 2 is 1.67 bits per heavy atom. The van der Waals surface area contributed by atoms with E-state index in [1.54, 1.807) is 18.2 Å². The van der Waals surface area contributed by atoms with Crippen LogP contribution >= 0.6 is 0 Å². The largest absolute Gasteiger partial charge is 0.324 e. The molecule has 2 N–H and O–H groups in total. The molecule has 0 aliphatic rings. The molecule has 0 heterocycles. The Balaban J connectivity index is 2.22. The lowest BCUT2D eigenvalue weighted by molar-refractivity contribution is -0.385. The Labute approximate surface area is 105 Å². The SMILES string of the molecule is N[C@H](Cc1ccccc1[N+](=O)[O-])c1ccccc1. The molecule has 0 saturated heterocycles. The van der Waals surface area contributed by atoms with Crippen LogP contribution < -0.4 is 5.73 Å². The van der Waals surface area contributed by atoms with E-state index < -0.39 is 0 Å². The van der Waals surface area contributed by atoms with Crippen LogP contribution in [-0.2, 0) is 6.42 Å². The molecule has 0 unspecified atom stereocenters. The van der Waals surface area contributed by atoms with Crippen molar-refractivity contribution >= 4 is 5.69 Å². The molecule has 2 aromatic carbocycles. The fourth-order valence-electron chi connectivity index (χ4n) is 1.92. The molecule has 0 fully saturated rings. The summed E-state index contributed by atoms with van der Waals surface area (Å²) in [4.78, 5) is 10.5. The highest BCUT2D eigenvalue weighted by atomic mass is 16.6. The van der Waals surface area contributed by atoms with Crippen LogP contribution in [0.15, 0.2) is 54.6 Å². The van der Waals surface area contributed by atoms with Gasteiger partial charge in [0.25, 0.3) is 5.69 Å². The zero-order chi connectivity index (χ0) is 13.0. The van der Waals surface area contributed by atoms with Gasteiger partial charge in [0.15, 0.2) is 0 Å². The van der Waals surface area contributed by atoms with Crippen molar-refractivity contribution in [1.29, 1.82) is 0 Å². The fraction of sp³-hybridized carbons (Fsp3) is 0.143. The van der Waals surface area contributed by atoms with Gasteiger partial charge < -0.3 is 5.73 Å². The second-order valence-electron chi connectivity index (χ2n) is 4.11. The van der Waals surface area contributed by atoms with Gasteiger partial charge in [-0.3, -0.25) is 10.1 Å². The molecule has 0 spiro atoms. The summed E-state index contributed by atoms with van der Waals surface area (Å²) in [6.45, 7) is 0. The van der Waals surface area contributed by atoms with Gasteiger partial charge in [-0.25, -0.2) is 0 Å². The Kier molecular flexibility index (Phi) is 3.69. The number of nitrogens with two attached hydrogens (primary N) is 1. The van der Waals surface area contributed by atoms with E-state index in [1.165, 1.54) is 6.07 Å². The maximum atomic E-state index is 10.9. The molecular weight excluding hydrogens is 228 g/mol. The van der Waals surface area contributed by atoms with E-state index in [2.05, 4.69) is 0 Å². The summed E-state index contributed by atoms with van der Waals surface area (Å²) in [5.74, 6) is 0. The second kappa shape index (κ2) is 5.42.